The quantitative estimate of drug-likeness (QED) is 0.640. The van der Waals surface area contributed by atoms with Gasteiger partial charge in [0.15, 0.2) is 6.17 Å². The molecule has 1 unspecified atom stereocenters. The molecule has 1 atom stereocenters. The molecule has 1 amide bonds. The fourth-order valence-electron chi connectivity index (χ4n) is 5.77. The Labute approximate surface area is 195 Å². The first-order valence-corrected chi connectivity index (χ1v) is 12.4. The smallest absolute Gasteiger partial charge is 0.267 e. The van der Waals surface area contributed by atoms with E-state index in [2.05, 4.69) is 10.2 Å². The zero-order chi connectivity index (χ0) is 22.8. The van der Waals surface area contributed by atoms with Crippen LogP contribution >= 0.6 is 0 Å². The van der Waals surface area contributed by atoms with Crippen molar-refractivity contribution in [3.8, 4) is 5.75 Å². The van der Waals surface area contributed by atoms with Crippen molar-refractivity contribution in [1.82, 2.24) is 4.90 Å². The minimum absolute atomic E-state index is 0.0522. The number of amides is 1. The van der Waals surface area contributed by atoms with Crippen LogP contribution < -0.4 is 15.0 Å². The molecule has 0 spiro atoms. The number of hydrogen-bond donors (Lipinski definition) is 2. The van der Waals surface area contributed by atoms with Gasteiger partial charge in [0.2, 0.25) is 5.88 Å². The third-order valence-electron chi connectivity index (χ3n) is 7.46. The van der Waals surface area contributed by atoms with Gasteiger partial charge in [0.05, 0.1) is 18.9 Å². The van der Waals surface area contributed by atoms with Gasteiger partial charge in [-0.1, -0.05) is 38.5 Å². The predicted molar refractivity (Wildman–Crippen MR) is 129 cm³/mol. The van der Waals surface area contributed by atoms with Gasteiger partial charge in [-0.2, -0.15) is 0 Å². The van der Waals surface area contributed by atoms with E-state index in [-0.39, 0.29) is 23.8 Å². The van der Waals surface area contributed by atoms with Crippen LogP contribution in [0.4, 0.5) is 11.6 Å². The Kier molecular flexibility index (Phi) is 6.29. The maximum Gasteiger partial charge on any atom is 0.267 e. The van der Waals surface area contributed by atoms with E-state index < -0.39 is 6.17 Å². The Morgan fingerprint density at radius 3 is 2.18 bits per heavy atom. The molecular weight excluding hydrogens is 416 g/mol. The maximum absolute atomic E-state index is 14.3. The summed E-state index contributed by atoms with van der Waals surface area (Å²) in [6.07, 6.45) is 12.4. The van der Waals surface area contributed by atoms with Gasteiger partial charge in [0, 0.05) is 17.8 Å². The number of benzene rings is 1. The Morgan fingerprint density at radius 2 is 1.61 bits per heavy atom. The van der Waals surface area contributed by atoms with Crippen LogP contribution in [-0.2, 0) is 4.79 Å². The second-order valence-corrected chi connectivity index (χ2v) is 9.46. The monoisotopic (exact) mass is 450 g/mol. The first kappa shape index (κ1) is 21.9. The Balaban J connectivity index is 1.52. The molecule has 0 bridgehead atoms. The molecule has 2 aliphatic carbocycles. The summed E-state index contributed by atoms with van der Waals surface area (Å²) in [5.41, 5.74) is 1.45. The van der Waals surface area contributed by atoms with Crippen LogP contribution in [0.25, 0.3) is 0 Å². The van der Waals surface area contributed by atoms with E-state index >= 15 is 0 Å². The average Bonchev–Trinajstić information content (AvgIpc) is 3.35. The van der Waals surface area contributed by atoms with Gasteiger partial charge in [-0.05, 0) is 56.0 Å². The van der Waals surface area contributed by atoms with Crippen molar-refractivity contribution >= 4 is 23.3 Å². The molecule has 2 aromatic rings. The summed E-state index contributed by atoms with van der Waals surface area (Å²) in [5.74, 6) is 1.56. The minimum Gasteiger partial charge on any atom is -0.497 e. The number of nitrogens with zero attached hydrogens (tertiary/aromatic N) is 2. The molecule has 176 valence electrons. The molecule has 3 aliphatic rings. The highest BCUT2D eigenvalue weighted by Crippen LogP contribution is 2.35. The molecule has 2 saturated carbocycles. The van der Waals surface area contributed by atoms with Crippen LogP contribution in [0.15, 0.2) is 41.0 Å². The molecule has 2 N–H and O–H groups in total. The van der Waals surface area contributed by atoms with Crippen molar-refractivity contribution < 1.29 is 13.9 Å². The minimum atomic E-state index is -0.714. The highest BCUT2D eigenvalue weighted by atomic mass is 16.5. The first-order chi connectivity index (χ1) is 16.2. The Hall–Kier alpha value is -2.96. The topological polar surface area (TPSA) is 81.8 Å². The van der Waals surface area contributed by atoms with Crippen LogP contribution in [-0.4, -0.2) is 42.0 Å². The number of methoxy groups -OCH3 is 1. The molecule has 2 heterocycles. The number of amidine groups is 1. The Morgan fingerprint density at radius 1 is 1.00 bits per heavy atom. The van der Waals surface area contributed by atoms with E-state index in [9.17, 15) is 4.79 Å². The number of rotatable bonds is 5. The third kappa shape index (κ3) is 4.21. The molecule has 0 saturated heterocycles. The van der Waals surface area contributed by atoms with Gasteiger partial charge < -0.3 is 19.4 Å². The van der Waals surface area contributed by atoms with Crippen molar-refractivity contribution in [2.75, 3.05) is 17.3 Å². The number of hydrogen-bond acceptors (Lipinski definition) is 5. The third-order valence-corrected chi connectivity index (χ3v) is 7.46. The van der Waals surface area contributed by atoms with E-state index in [0.29, 0.717) is 11.4 Å². The maximum atomic E-state index is 14.3. The number of carbonyl (C=O) groups is 1. The largest absolute Gasteiger partial charge is 0.497 e. The zero-order valence-corrected chi connectivity index (χ0v) is 19.4. The van der Waals surface area contributed by atoms with Crippen molar-refractivity contribution in [3.05, 3.63) is 42.2 Å². The van der Waals surface area contributed by atoms with Crippen molar-refractivity contribution in [2.24, 2.45) is 0 Å². The summed E-state index contributed by atoms with van der Waals surface area (Å²) in [4.78, 5) is 18.3. The molecule has 1 aromatic carbocycles. The SMILES string of the molecule is COc1ccc(N2C(=N)c3ccoc3NC2C(=O)N(C2CCCCC2)C2CCCCC2)cc1. The van der Waals surface area contributed by atoms with Crippen LogP contribution in [0, 0.1) is 5.41 Å². The highest BCUT2D eigenvalue weighted by molar-refractivity contribution is 6.16. The van der Waals surface area contributed by atoms with Gasteiger partial charge in [0.25, 0.3) is 5.91 Å². The summed E-state index contributed by atoms with van der Waals surface area (Å²) in [6.45, 7) is 0. The van der Waals surface area contributed by atoms with Crippen molar-refractivity contribution in [1.29, 1.82) is 5.41 Å². The lowest BCUT2D eigenvalue weighted by molar-refractivity contribution is -0.138. The number of furan rings is 1. The van der Waals surface area contributed by atoms with Crippen molar-refractivity contribution in [3.63, 3.8) is 0 Å². The van der Waals surface area contributed by atoms with Crippen LogP contribution in [0.1, 0.15) is 69.8 Å². The number of nitrogens with one attached hydrogen (secondary N) is 2. The number of carbonyl (C=O) groups excluding carboxylic acids is 1. The fraction of sp³-hybridized carbons (Fsp3) is 0.538. The molecule has 33 heavy (non-hydrogen) atoms. The highest BCUT2D eigenvalue weighted by Gasteiger charge is 2.43. The molecule has 7 heteroatoms. The normalized spacial score (nSPS) is 21.9. The summed E-state index contributed by atoms with van der Waals surface area (Å²) in [7, 11) is 1.63. The second kappa shape index (κ2) is 9.49. The molecule has 5 rings (SSSR count). The number of anilines is 2. The summed E-state index contributed by atoms with van der Waals surface area (Å²) in [6, 6.07) is 9.89. The molecular formula is C26H34N4O3. The van der Waals surface area contributed by atoms with E-state index in [1.54, 1.807) is 24.3 Å². The lowest BCUT2D eigenvalue weighted by Gasteiger charge is -2.46. The van der Waals surface area contributed by atoms with E-state index in [4.69, 9.17) is 14.6 Å². The van der Waals surface area contributed by atoms with Gasteiger partial charge in [-0.25, -0.2) is 0 Å². The van der Waals surface area contributed by atoms with Crippen LogP contribution in [0.2, 0.25) is 0 Å². The summed E-state index contributed by atoms with van der Waals surface area (Å²) in [5, 5.41) is 12.3. The van der Waals surface area contributed by atoms with Crippen molar-refractivity contribution in [2.45, 2.75) is 82.5 Å². The van der Waals surface area contributed by atoms with E-state index in [0.717, 1.165) is 37.1 Å². The molecule has 1 aliphatic heterocycles. The zero-order valence-electron chi connectivity index (χ0n) is 19.4. The fourth-order valence-corrected chi connectivity index (χ4v) is 5.77. The second-order valence-electron chi connectivity index (χ2n) is 9.46. The lowest BCUT2D eigenvalue weighted by Crippen LogP contribution is -2.61. The molecule has 0 radical (unpaired) electrons. The van der Waals surface area contributed by atoms with Gasteiger partial charge >= 0.3 is 0 Å². The van der Waals surface area contributed by atoms with Crippen LogP contribution in [0.3, 0.4) is 0 Å². The van der Waals surface area contributed by atoms with E-state index in [1.807, 2.05) is 24.3 Å². The number of ether oxygens (including phenoxy) is 1. The first-order valence-electron chi connectivity index (χ1n) is 12.4. The standard InChI is InChI=1S/C26H34N4O3/c1-32-21-14-12-20(13-15-21)30-23(27)22-16-17-33-25(22)28-24(30)26(31)29(18-8-4-2-5-9-18)19-10-6-3-7-11-19/h12-19,24,27-28H,2-11H2,1H3. The lowest BCUT2D eigenvalue weighted by atomic mass is 9.88. The Bertz CT molecular complexity index is 956. The van der Waals surface area contributed by atoms with E-state index in [1.165, 1.54) is 38.5 Å². The molecule has 2 fully saturated rings. The predicted octanol–water partition coefficient (Wildman–Crippen LogP) is 5.37. The van der Waals surface area contributed by atoms with Gasteiger partial charge in [-0.3, -0.25) is 15.1 Å². The van der Waals surface area contributed by atoms with Crippen LogP contribution in [0.5, 0.6) is 5.75 Å². The summed E-state index contributed by atoms with van der Waals surface area (Å²) < 4.78 is 10.9. The van der Waals surface area contributed by atoms with Gasteiger partial charge in [-0.15, -0.1) is 0 Å². The summed E-state index contributed by atoms with van der Waals surface area (Å²) >= 11 is 0. The molecule has 1 aromatic heterocycles. The molecule has 7 nitrogen and oxygen atoms in total. The van der Waals surface area contributed by atoms with Gasteiger partial charge in [0.1, 0.15) is 11.6 Å². The number of fused-ring (bicyclic) bond motifs is 1. The average molecular weight is 451 g/mol.